The number of nitrogens with zero attached hydrogens (tertiary/aromatic N) is 1. The molecule has 1 unspecified atom stereocenters. The van der Waals surface area contributed by atoms with Gasteiger partial charge in [0.2, 0.25) is 0 Å². The van der Waals surface area contributed by atoms with Crippen LogP contribution in [0.25, 0.3) is 0 Å². The molecule has 0 bridgehead atoms. The van der Waals surface area contributed by atoms with E-state index in [1.54, 1.807) is 10.4 Å². The van der Waals surface area contributed by atoms with Gasteiger partial charge in [-0.1, -0.05) is 12.8 Å². The Labute approximate surface area is 114 Å². The van der Waals surface area contributed by atoms with Crippen LogP contribution in [0.1, 0.15) is 49.1 Å². The maximum absolute atomic E-state index is 3.73. The Morgan fingerprint density at radius 3 is 3.06 bits per heavy atom. The summed E-state index contributed by atoms with van der Waals surface area (Å²) in [4.78, 5) is 4.25. The summed E-state index contributed by atoms with van der Waals surface area (Å²) in [6.45, 7) is 5.96. The Morgan fingerprint density at radius 2 is 2.22 bits per heavy atom. The molecule has 1 aliphatic carbocycles. The summed E-state index contributed by atoms with van der Waals surface area (Å²) in [5.74, 6) is 0. The smallest absolute Gasteiger partial charge is 0.0331 e. The number of hydrogen-bond donors (Lipinski definition) is 1. The van der Waals surface area contributed by atoms with Crippen LogP contribution < -0.4 is 5.32 Å². The molecule has 0 saturated heterocycles. The monoisotopic (exact) mass is 264 g/mol. The van der Waals surface area contributed by atoms with E-state index in [0.717, 1.165) is 12.6 Å². The summed E-state index contributed by atoms with van der Waals surface area (Å²) in [6, 6.07) is 3.74. The van der Waals surface area contributed by atoms with Gasteiger partial charge in [-0.05, 0) is 43.2 Å². The SMILES string of the molecule is CC1c2ccsc2CCN1CCNC1CCCC1. The van der Waals surface area contributed by atoms with Crippen molar-refractivity contribution in [2.45, 2.75) is 51.1 Å². The molecule has 1 aromatic rings. The minimum absolute atomic E-state index is 0.616. The molecule has 100 valence electrons. The average Bonchev–Trinajstić information content (AvgIpc) is 3.02. The largest absolute Gasteiger partial charge is 0.313 e. The van der Waals surface area contributed by atoms with Crippen molar-refractivity contribution < 1.29 is 0 Å². The molecule has 2 heterocycles. The molecule has 18 heavy (non-hydrogen) atoms. The number of rotatable bonds is 4. The minimum Gasteiger partial charge on any atom is -0.313 e. The first-order valence-electron chi connectivity index (χ1n) is 7.38. The molecule has 0 radical (unpaired) electrons. The van der Waals surface area contributed by atoms with Gasteiger partial charge in [-0.2, -0.15) is 0 Å². The second-order valence-electron chi connectivity index (χ2n) is 5.70. The van der Waals surface area contributed by atoms with Crippen LogP contribution in [-0.2, 0) is 6.42 Å². The Kier molecular flexibility index (Phi) is 4.02. The first-order chi connectivity index (χ1) is 8.84. The molecular weight excluding hydrogens is 240 g/mol. The van der Waals surface area contributed by atoms with Gasteiger partial charge >= 0.3 is 0 Å². The number of nitrogens with one attached hydrogen (secondary N) is 1. The number of hydrogen-bond acceptors (Lipinski definition) is 3. The van der Waals surface area contributed by atoms with Crippen molar-refractivity contribution in [2.24, 2.45) is 0 Å². The highest BCUT2D eigenvalue weighted by Crippen LogP contribution is 2.32. The van der Waals surface area contributed by atoms with E-state index in [-0.39, 0.29) is 0 Å². The summed E-state index contributed by atoms with van der Waals surface area (Å²) >= 11 is 1.93. The zero-order valence-corrected chi connectivity index (χ0v) is 12.1. The third-order valence-corrected chi connectivity index (χ3v) is 5.59. The molecule has 1 fully saturated rings. The third kappa shape index (κ3) is 2.63. The van der Waals surface area contributed by atoms with Crippen molar-refractivity contribution in [1.29, 1.82) is 0 Å². The summed E-state index contributed by atoms with van der Waals surface area (Å²) in [5, 5.41) is 5.98. The van der Waals surface area contributed by atoms with Gasteiger partial charge in [0.05, 0.1) is 0 Å². The average molecular weight is 264 g/mol. The molecule has 0 amide bonds. The van der Waals surface area contributed by atoms with Crippen LogP contribution in [0.4, 0.5) is 0 Å². The van der Waals surface area contributed by atoms with Crippen LogP contribution in [0.2, 0.25) is 0 Å². The van der Waals surface area contributed by atoms with E-state index in [1.807, 2.05) is 11.3 Å². The zero-order valence-electron chi connectivity index (χ0n) is 11.3. The van der Waals surface area contributed by atoms with E-state index >= 15 is 0 Å². The molecule has 0 aromatic carbocycles. The molecular formula is C15H24N2S. The highest BCUT2D eigenvalue weighted by atomic mass is 32.1. The lowest BCUT2D eigenvalue weighted by molar-refractivity contribution is 0.198. The van der Waals surface area contributed by atoms with Crippen molar-refractivity contribution in [1.82, 2.24) is 10.2 Å². The summed E-state index contributed by atoms with van der Waals surface area (Å²) in [6.07, 6.45) is 6.89. The van der Waals surface area contributed by atoms with Crippen LogP contribution in [-0.4, -0.2) is 30.6 Å². The van der Waals surface area contributed by atoms with Crippen molar-refractivity contribution in [3.8, 4) is 0 Å². The highest BCUT2D eigenvalue weighted by molar-refractivity contribution is 7.10. The van der Waals surface area contributed by atoms with Crippen molar-refractivity contribution in [3.63, 3.8) is 0 Å². The van der Waals surface area contributed by atoms with Crippen molar-refractivity contribution in [3.05, 3.63) is 21.9 Å². The number of thiophene rings is 1. The standard InChI is InChI=1S/C15H24N2S/c1-12-14-7-11-18-15(14)6-9-17(12)10-8-16-13-4-2-3-5-13/h7,11-13,16H,2-6,8-10H2,1H3. The molecule has 3 heteroatoms. The fourth-order valence-corrected chi connectivity index (χ4v) is 4.37. The van der Waals surface area contributed by atoms with Gasteiger partial charge < -0.3 is 5.32 Å². The predicted molar refractivity (Wildman–Crippen MR) is 78.3 cm³/mol. The first-order valence-corrected chi connectivity index (χ1v) is 8.26. The molecule has 3 rings (SSSR count). The maximum Gasteiger partial charge on any atom is 0.0331 e. The van der Waals surface area contributed by atoms with Gasteiger partial charge in [0.15, 0.2) is 0 Å². The Balaban J connectivity index is 1.48. The summed E-state index contributed by atoms with van der Waals surface area (Å²) in [7, 11) is 0. The minimum atomic E-state index is 0.616. The highest BCUT2D eigenvalue weighted by Gasteiger charge is 2.24. The Hall–Kier alpha value is -0.380. The quantitative estimate of drug-likeness (QED) is 0.898. The predicted octanol–water partition coefficient (Wildman–Crippen LogP) is 3.20. The lowest BCUT2D eigenvalue weighted by Gasteiger charge is -2.33. The maximum atomic E-state index is 3.73. The van der Waals surface area contributed by atoms with Gasteiger partial charge in [-0.15, -0.1) is 11.3 Å². The fraction of sp³-hybridized carbons (Fsp3) is 0.733. The van der Waals surface area contributed by atoms with Gasteiger partial charge in [0.25, 0.3) is 0 Å². The second-order valence-corrected chi connectivity index (χ2v) is 6.70. The molecule has 1 N–H and O–H groups in total. The van der Waals surface area contributed by atoms with Gasteiger partial charge in [0, 0.05) is 36.6 Å². The van der Waals surface area contributed by atoms with Crippen LogP contribution in [0.15, 0.2) is 11.4 Å². The molecule has 0 spiro atoms. The third-order valence-electron chi connectivity index (χ3n) is 4.59. The van der Waals surface area contributed by atoms with Gasteiger partial charge in [0.1, 0.15) is 0 Å². The topological polar surface area (TPSA) is 15.3 Å². The van der Waals surface area contributed by atoms with E-state index in [9.17, 15) is 0 Å². The second kappa shape index (κ2) is 5.72. The van der Waals surface area contributed by atoms with E-state index in [4.69, 9.17) is 0 Å². The van der Waals surface area contributed by atoms with Crippen molar-refractivity contribution >= 4 is 11.3 Å². The van der Waals surface area contributed by atoms with E-state index < -0.39 is 0 Å². The Morgan fingerprint density at radius 1 is 1.39 bits per heavy atom. The van der Waals surface area contributed by atoms with E-state index in [1.165, 1.54) is 45.2 Å². The zero-order chi connectivity index (χ0) is 12.4. The summed E-state index contributed by atoms with van der Waals surface area (Å²) in [5.41, 5.74) is 1.58. The van der Waals surface area contributed by atoms with Crippen LogP contribution in [0.3, 0.4) is 0 Å². The van der Waals surface area contributed by atoms with Gasteiger partial charge in [-0.3, -0.25) is 4.90 Å². The molecule has 1 atom stereocenters. The van der Waals surface area contributed by atoms with E-state index in [0.29, 0.717) is 6.04 Å². The molecule has 1 saturated carbocycles. The molecule has 2 aliphatic rings. The molecule has 1 aliphatic heterocycles. The first kappa shape index (κ1) is 12.6. The lowest BCUT2D eigenvalue weighted by atomic mass is 10.0. The fourth-order valence-electron chi connectivity index (χ4n) is 3.41. The van der Waals surface area contributed by atoms with E-state index in [2.05, 4.69) is 28.6 Å². The van der Waals surface area contributed by atoms with Crippen LogP contribution in [0, 0.1) is 0 Å². The number of fused-ring (bicyclic) bond motifs is 1. The van der Waals surface area contributed by atoms with Crippen LogP contribution >= 0.6 is 11.3 Å². The Bertz CT molecular complexity index is 382. The van der Waals surface area contributed by atoms with Gasteiger partial charge in [-0.25, -0.2) is 0 Å². The van der Waals surface area contributed by atoms with Crippen molar-refractivity contribution in [2.75, 3.05) is 19.6 Å². The normalized spacial score (nSPS) is 25.5. The molecule has 2 nitrogen and oxygen atoms in total. The lowest BCUT2D eigenvalue weighted by Crippen LogP contribution is -2.40. The summed E-state index contributed by atoms with van der Waals surface area (Å²) < 4.78 is 0. The molecule has 1 aromatic heterocycles. The van der Waals surface area contributed by atoms with Crippen LogP contribution in [0.5, 0.6) is 0 Å².